The standard InChI is InChI=1S/C11H16BrNO2/c1-6-4-5-8(15-3)9(10(6)12)11(14)7(2)13/h4-5,7,11,14H,13H2,1-3H3. The summed E-state index contributed by atoms with van der Waals surface area (Å²) in [5.41, 5.74) is 7.45. The zero-order valence-electron chi connectivity index (χ0n) is 9.12. The number of ether oxygens (including phenoxy) is 1. The Hall–Kier alpha value is -0.580. The van der Waals surface area contributed by atoms with Crippen molar-refractivity contribution in [2.45, 2.75) is 26.0 Å². The van der Waals surface area contributed by atoms with Gasteiger partial charge in [0.1, 0.15) is 5.75 Å². The van der Waals surface area contributed by atoms with Gasteiger partial charge < -0.3 is 15.6 Å². The molecule has 0 saturated carbocycles. The molecule has 0 aromatic heterocycles. The van der Waals surface area contributed by atoms with Crippen LogP contribution in [0.25, 0.3) is 0 Å². The van der Waals surface area contributed by atoms with Gasteiger partial charge >= 0.3 is 0 Å². The quantitative estimate of drug-likeness (QED) is 0.888. The monoisotopic (exact) mass is 273 g/mol. The van der Waals surface area contributed by atoms with Crippen molar-refractivity contribution in [3.8, 4) is 5.75 Å². The molecule has 0 bridgehead atoms. The Morgan fingerprint density at radius 3 is 2.53 bits per heavy atom. The van der Waals surface area contributed by atoms with E-state index >= 15 is 0 Å². The van der Waals surface area contributed by atoms with Gasteiger partial charge in [-0.1, -0.05) is 6.07 Å². The first-order valence-corrected chi connectivity index (χ1v) is 5.55. The molecule has 0 aliphatic rings. The topological polar surface area (TPSA) is 55.5 Å². The van der Waals surface area contributed by atoms with Gasteiger partial charge in [-0.3, -0.25) is 0 Å². The number of rotatable bonds is 3. The van der Waals surface area contributed by atoms with Gasteiger partial charge in [0, 0.05) is 16.1 Å². The number of halogens is 1. The Labute approximate surface area is 98.4 Å². The van der Waals surface area contributed by atoms with Crippen LogP contribution in [0.1, 0.15) is 24.2 Å². The smallest absolute Gasteiger partial charge is 0.125 e. The Kier molecular flexibility index (Phi) is 4.13. The fraction of sp³-hybridized carbons (Fsp3) is 0.455. The third-order valence-electron chi connectivity index (χ3n) is 2.35. The van der Waals surface area contributed by atoms with Crippen molar-refractivity contribution in [3.63, 3.8) is 0 Å². The largest absolute Gasteiger partial charge is 0.496 e. The molecule has 84 valence electrons. The Morgan fingerprint density at radius 1 is 1.47 bits per heavy atom. The van der Waals surface area contributed by atoms with E-state index in [0.717, 1.165) is 10.0 Å². The summed E-state index contributed by atoms with van der Waals surface area (Å²) in [4.78, 5) is 0. The SMILES string of the molecule is COc1ccc(C)c(Br)c1C(O)C(C)N. The van der Waals surface area contributed by atoms with Crippen LogP contribution in [0.15, 0.2) is 16.6 Å². The first-order chi connectivity index (χ1) is 6.99. The molecule has 1 aromatic rings. The summed E-state index contributed by atoms with van der Waals surface area (Å²) in [6.07, 6.45) is -0.728. The van der Waals surface area contributed by atoms with Crippen molar-refractivity contribution >= 4 is 15.9 Å². The fourth-order valence-electron chi connectivity index (χ4n) is 1.40. The van der Waals surface area contributed by atoms with E-state index in [0.29, 0.717) is 11.3 Å². The second-order valence-corrected chi connectivity index (χ2v) is 4.41. The number of methoxy groups -OCH3 is 1. The first-order valence-electron chi connectivity index (χ1n) is 4.75. The minimum Gasteiger partial charge on any atom is -0.496 e. The van der Waals surface area contributed by atoms with E-state index < -0.39 is 6.10 Å². The van der Waals surface area contributed by atoms with Crippen LogP contribution in [0.4, 0.5) is 0 Å². The van der Waals surface area contributed by atoms with Crippen LogP contribution in [0.5, 0.6) is 5.75 Å². The van der Waals surface area contributed by atoms with Gasteiger partial charge in [-0.25, -0.2) is 0 Å². The molecule has 0 saturated heterocycles. The maximum absolute atomic E-state index is 9.98. The van der Waals surface area contributed by atoms with E-state index in [9.17, 15) is 5.11 Å². The number of aliphatic hydroxyl groups is 1. The molecule has 3 nitrogen and oxygen atoms in total. The molecule has 1 rings (SSSR count). The molecule has 4 heteroatoms. The van der Waals surface area contributed by atoms with Gasteiger partial charge in [0.25, 0.3) is 0 Å². The highest BCUT2D eigenvalue weighted by Gasteiger charge is 2.21. The van der Waals surface area contributed by atoms with Crippen LogP contribution in [0.3, 0.4) is 0 Å². The number of nitrogens with two attached hydrogens (primary N) is 1. The average molecular weight is 274 g/mol. The molecule has 1 aromatic carbocycles. The highest BCUT2D eigenvalue weighted by Crippen LogP contribution is 2.35. The predicted molar refractivity (Wildman–Crippen MR) is 64.0 cm³/mol. The van der Waals surface area contributed by atoms with E-state index in [1.54, 1.807) is 14.0 Å². The van der Waals surface area contributed by atoms with Crippen molar-refractivity contribution in [2.24, 2.45) is 5.73 Å². The molecular weight excluding hydrogens is 258 g/mol. The van der Waals surface area contributed by atoms with E-state index in [1.165, 1.54) is 0 Å². The summed E-state index contributed by atoms with van der Waals surface area (Å²) in [6, 6.07) is 3.43. The summed E-state index contributed by atoms with van der Waals surface area (Å²) in [5, 5.41) is 9.98. The average Bonchev–Trinajstić information content (AvgIpc) is 2.20. The molecule has 0 spiro atoms. The minimum absolute atomic E-state index is 0.336. The van der Waals surface area contributed by atoms with E-state index in [-0.39, 0.29) is 6.04 Å². The molecule has 0 aliphatic heterocycles. The van der Waals surface area contributed by atoms with Crippen molar-refractivity contribution in [1.82, 2.24) is 0 Å². The number of hydrogen-bond acceptors (Lipinski definition) is 3. The van der Waals surface area contributed by atoms with Crippen LogP contribution in [0, 0.1) is 6.92 Å². The van der Waals surface area contributed by atoms with Gasteiger partial charge in [-0.2, -0.15) is 0 Å². The van der Waals surface area contributed by atoms with Crippen molar-refractivity contribution in [3.05, 3.63) is 27.7 Å². The van der Waals surface area contributed by atoms with Gasteiger partial charge in [-0.15, -0.1) is 0 Å². The van der Waals surface area contributed by atoms with Crippen molar-refractivity contribution in [2.75, 3.05) is 7.11 Å². The molecule has 0 radical (unpaired) electrons. The lowest BCUT2D eigenvalue weighted by atomic mass is 10.0. The third kappa shape index (κ3) is 2.51. The molecule has 2 unspecified atom stereocenters. The fourth-order valence-corrected chi connectivity index (χ4v) is 1.96. The van der Waals surface area contributed by atoms with Crippen LogP contribution in [-0.2, 0) is 0 Å². The lowest BCUT2D eigenvalue weighted by Crippen LogP contribution is -2.25. The Morgan fingerprint density at radius 2 is 2.07 bits per heavy atom. The third-order valence-corrected chi connectivity index (χ3v) is 3.40. The Bertz CT molecular complexity index is 353. The Balaban J connectivity index is 3.29. The minimum atomic E-state index is -0.728. The van der Waals surface area contributed by atoms with Gasteiger partial charge in [-0.05, 0) is 41.4 Å². The molecule has 15 heavy (non-hydrogen) atoms. The van der Waals surface area contributed by atoms with Crippen LogP contribution < -0.4 is 10.5 Å². The van der Waals surface area contributed by atoms with Crippen molar-refractivity contribution < 1.29 is 9.84 Å². The second-order valence-electron chi connectivity index (χ2n) is 3.62. The highest BCUT2D eigenvalue weighted by molar-refractivity contribution is 9.10. The number of benzene rings is 1. The molecule has 0 fully saturated rings. The van der Waals surface area contributed by atoms with Gasteiger partial charge in [0.15, 0.2) is 0 Å². The van der Waals surface area contributed by atoms with E-state index in [2.05, 4.69) is 15.9 Å². The predicted octanol–water partition coefficient (Wildman–Crippen LogP) is 2.15. The molecule has 2 atom stereocenters. The maximum Gasteiger partial charge on any atom is 0.125 e. The summed E-state index contributed by atoms with van der Waals surface area (Å²) in [7, 11) is 1.58. The van der Waals surface area contributed by atoms with Crippen LogP contribution in [-0.4, -0.2) is 18.3 Å². The molecule has 0 aliphatic carbocycles. The second kappa shape index (κ2) is 4.96. The zero-order chi connectivity index (χ0) is 11.6. The molecule has 0 heterocycles. The van der Waals surface area contributed by atoms with Crippen LogP contribution >= 0.6 is 15.9 Å². The first kappa shape index (κ1) is 12.5. The summed E-state index contributed by atoms with van der Waals surface area (Å²) in [5.74, 6) is 0.650. The zero-order valence-corrected chi connectivity index (χ0v) is 10.7. The van der Waals surface area contributed by atoms with Crippen molar-refractivity contribution in [1.29, 1.82) is 0 Å². The summed E-state index contributed by atoms with van der Waals surface area (Å²) < 4.78 is 6.06. The summed E-state index contributed by atoms with van der Waals surface area (Å²) >= 11 is 3.45. The maximum atomic E-state index is 9.98. The normalized spacial score (nSPS) is 14.8. The lowest BCUT2D eigenvalue weighted by molar-refractivity contribution is 0.148. The number of aliphatic hydroxyl groups excluding tert-OH is 1. The van der Waals surface area contributed by atoms with E-state index in [1.807, 2.05) is 19.1 Å². The van der Waals surface area contributed by atoms with Gasteiger partial charge in [0.2, 0.25) is 0 Å². The summed E-state index contributed by atoms with van der Waals surface area (Å²) in [6.45, 7) is 3.72. The highest BCUT2D eigenvalue weighted by atomic mass is 79.9. The number of hydrogen-bond donors (Lipinski definition) is 2. The molecule has 0 amide bonds. The number of aryl methyl sites for hydroxylation is 1. The van der Waals surface area contributed by atoms with Crippen LogP contribution in [0.2, 0.25) is 0 Å². The lowest BCUT2D eigenvalue weighted by Gasteiger charge is -2.20. The molecule has 3 N–H and O–H groups in total. The van der Waals surface area contributed by atoms with Gasteiger partial charge in [0.05, 0.1) is 13.2 Å². The van der Waals surface area contributed by atoms with E-state index in [4.69, 9.17) is 10.5 Å². The molecular formula is C11H16BrNO2.